The van der Waals surface area contributed by atoms with Crippen LogP contribution in [0.25, 0.3) is 46.7 Å². The van der Waals surface area contributed by atoms with E-state index in [1.54, 1.807) is 0 Å². The molecule has 0 atom stereocenters. The third-order valence-corrected chi connectivity index (χ3v) is 0. The van der Waals surface area contributed by atoms with E-state index in [9.17, 15) is 0 Å². The molecule has 0 amide bonds. The molecule has 0 radical (unpaired) electrons. The van der Waals surface area contributed by atoms with Crippen LogP contribution in [0.3, 0.4) is 0 Å². The molecule has 0 aromatic heterocycles. The van der Waals surface area contributed by atoms with Crippen LogP contribution in [0, 0.1) is 0 Å². The summed E-state index contributed by atoms with van der Waals surface area (Å²) in [5.41, 5.74) is 13.5. The summed E-state index contributed by atoms with van der Waals surface area (Å²) in [7, 11) is 0. The maximum Gasteiger partial charge on any atom is 3.00 e. The smallest absolute Gasteiger partial charge is 0.693 e. The topological polar surface area (TPSA) is 226 Å². The van der Waals surface area contributed by atoms with E-state index >= 15 is 0 Å². The van der Waals surface area contributed by atoms with Crippen molar-refractivity contribution in [1.82, 2.24) is 0 Å². The van der Waals surface area contributed by atoms with Gasteiger partial charge in [-0.2, -0.15) is 0 Å². The Morgan fingerprint density at radius 2 is 0.667 bits per heavy atom. The fourth-order valence-electron chi connectivity index (χ4n) is 0. The second kappa shape index (κ2) is 877. The Hall–Kier alpha value is -0.384. The van der Waals surface area contributed by atoms with E-state index in [0.717, 1.165) is 0 Å². The molecular weight excluding hydrogens is 171 g/mol. The van der Waals surface area contributed by atoms with Crippen LogP contribution in [0.5, 0.6) is 0 Å². The van der Waals surface area contributed by atoms with E-state index in [-0.39, 0.29) is 47.5 Å². The van der Waals surface area contributed by atoms with Crippen molar-refractivity contribution in [2.45, 2.75) is 0 Å². The van der Waals surface area contributed by atoms with Gasteiger partial charge in [0.25, 0.3) is 0 Å². The Morgan fingerprint density at radius 3 is 0.667 bits per heavy atom. The van der Waals surface area contributed by atoms with Gasteiger partial charge in [0.15, 0.2) is 0 Å². The molecule has 0 saturated heterocycles. The van der Waals surface area contributed by atoms with Crippen LogP contribution in [0.1, 0.15) is 0 Å². The number of hydrogen-bond acceptors (Lipinski definition) is 0. The fraction of sp³-hybridized carbons (Fsp3) is 0. The minimum Gasteiger partial charge on any atom is -0.693 e. The van der Waals surface area contributed by atoms with E-state index < -0.39 is 0 Å². The molecule has 0 saturated carbocycles. The third-order valence-electron chi connectivity index (χ3n) is 0. The summed E-state index contributed by atoms with van der Waals surface area (Å²) < 4.78 is 0. The van der Waals surface area contributed by atoms with Gasteiger partial charge in [-0.3, -0.25) is 4.91 Å². The van der Waals surface area contributed by atoms with Crippen LogP contribution in [0.2, 0.25) is 0 Å². The largest absolute Gasteiger partial charge is 3.00 e. The Kier molecular flexibility index (Phi) is 18600. The van der Waals surface area contributed by atoms with Gasteiger partial charge in [0.05, 0.1) is 0 Å². The minimum atomic E-state index is 0. The minimum absolute atomic E-state index is 0. The molecule has 0 rings (SSSR count). The van der Waals surface area contributed by atoms with Gasteiger partial charge in [0, 0.05) is 0 Å². The van der Waals surface area contributed by atoms with Crippen LogP contribution in [-0.4, -0.2) is 0 Å². The molecule has 62 valence electrons. The van der Waals surface area contributed by atoms with E-state index in [1.807, 2.05) is 0 Å². The maximum atomic E-state index is 6.75. The van der Waals surface area contributed by atoms with Crippen molar-refractivity contribution in [1.29, 1.82) is 0 Å². The van der Waals surface area contributed by atoms with E-state index in [2.05, 4.69) is 0 Å². The number of nitrogens with zero attached hydrogens (tertiary/aromatic N) is 3. The summed E-state index contributed by atoms with van der Waals surface area (Å²) >= 11 is 0. The van der Waals surface area contributed by atoms with Gasteiger partial charge in [-0.05, 0) is 0 Å². The third kappa shape index (κ3) is 1630. The zero-order valence-electron chi connectivity index (χ0n) is 4.56. The number of rotatable bonds is 0. The van der Waals surface area contributed by atoms with Gasteiger partial charge < -0.3 is 41.8 Å². The van der Waals surface area contributed by atoms with Crippen LogP contribution in [0.4, 0.5) is 0 Å². The van der Waals surface area contributed by atoms with Gasteiger partial charge in [-0.15, -0.1) is 0 Å². The molecular formula is H10CoN8-3. The van der Waals surface area contributed by atoms with Gasteiger partial charge in [0.1, 0.15) is 0 Å². The summed E-state index contributed by atoms with van der Waals surface area (Å²) in [6, 6.07) is 0. The normalized spacial score (nSPS) is 0.889. The summed E-state index contributed by atoms with van der Waals surface area (Å²) in [6.45, 7) is 0. The Bertz CT molecular complexity index is 25.5. The van der Waals surface area contributed by atoms with E-state index in [0.29, 0.717) is 0 Å². The summed E-state index contributed by atoms with van der Waals surface area (Å²) in [6.07, 6.45) is 0. The first-order valence-electron chi connectivity index (χ1n) is 0.400. The molecule has 0 aliphatic carbocycles. The van der Waals surface area contributed by atoms with Crippen molar-refractivity contribution in [3.8, 4) is 0 Å². The van der Waals surface area contributed by atoms with Crippen molar-refractivity contribution >= 4 is 0 Å². The first-order valence-corrected chi connectivity index (χ1v) is 0.400. The molecule has 0 aromatic carbocycles. The Balaban J connectivity index is -0.00000000133. The number of nitrogens with two attached hydrogens (primary N) is 5. The SMILES string of the molecule is [Co+3].[N-]=[N+]=[N-].[NH2-].[NH2-].[NH2-].[NH2-].[NH2-]. The van der Waals surface area contributed by atoms with E-state index in [1.165, 1.54) is 4.91 Å². The summed E-state index contributed by atoms with van der Waals surface area (Å²) in [4.78, 5) is 1.50. The molecule has 9 heavy (non-hydrogen) atoms. The molecule has 0 aliphatic heterocycles. The molecule has 0 unspecified atom stereocenters. The molecule has 0 aliphatic rings. The van der Waals surface area contributed by atoms with Crippen LogP contribution >= 0.6 is 0 Å². The first-order chi connectivity index (χ1) is 1.41. The second-order valence-electron chi connectivity index (χ2n) is 0.0894. The standard InChI is InChI=1S/Co.N3.5H2N/c;1-3-2;;;;;/h;;5*1H2/q+3;6*-1. The van der Waals surface area contributed by atoms with Crippen molar-refractivity contribution in [2.75, 3.05) is 0 Å². The fourth-order valence-corrected chi connectivity index (χ4v) is 0. The molecule has 0 spiro atoms. The van der Waals surface area contributed by atoms with Crippen LogP contribution in [0.15, 0.2) is 0 Å². The predicted molar refractivity (Wildman–Crippen MR) is 36.5 cm³/mol. The molecule has 0 heterocycles. The zero-order valence-corrected chi connectivity index (χ0v) is 5.60. The van der Waals surface area contributed by atoms with Gasteiger partial charge in [-0.1, -0.05) is 0 Å². The zero-order chi connectivity index (χ0) is 2.71. The summed E-state index contributed by atoms with van der Waals surface area (Å²) in [5.74, 6) is 0. The maximum absolute atomic E-state index is 6.75. The molecule has 0 fully saturated rings. The molecule has 8 nitrogen and oxygen atoms in total. The van der Waals surface area contributed by atoms with Crippen molar-refractivity contribution in [3.05, 3.63) is 46.7 Å². The van der Waals surface area contributed by atoms with Gasteiger partial charge in [-0.25, -0.2) is 0 Å². The van der Waals surface area contributed by atoms with E-state index in [4.69, 9.17) is 11.1 Å². The summed E-state index contributed by atoms with van der Waals surface area (Å²) in [5, 5.41) is 0. The Morgan fingerprint density at radius 1 is 0.667 bits per heavy atom. The quantitative estimate of drug-likeness (QED) is 0.286. The molecule has 0 aromatic rings. The monoisotopic (exact) mass is 181 g/mol. The van der Waals surface area contributed by atoms with Crippen molar-refractivity contribution < 1.29 is 16.8 Å². The van der Waals surface area contributed by atoms with Crippen molar-refractivity contribution in [3.63, 3.8) is 0 Å². The molecule has 9 heteroatoms. The average molecular weight is 181 g/mol. The predicted octanol–water partition coefficient (Wildman–Crippen LogP) is 4.45. The van der Waals surface area contributed by atoms with Crippen LogP contribution in [-0.2, 0) is 16.8 Å². The first kappa shape index (κ1) is 191. The molecule has 10 N–H and O–H groups in total. The van der Waals surface area contributed by atoms with Gasteiger partial charge in [0.2, 0.25) is 0 Å². The number of hydrogen-bond donors (Lipinski definition) is 0. The van der Waals surface area contributed by atoms with Crippen molar-refractivity contribution in [2.24, 2.45) is 0 Å². The average Bonchev–Trinajstić information content (AvgIpc) is 0.918. The van der Waals surface area contributed by atoms with Crippen LogP contribution < -0.4 is 0 Å². The second-order valence-corrected chi connectivity index (χ2v) is 0.0894. The molecule has 0 bridgehead atoms. The Labute approximate surface area is 64.3 Å². The van der Waals surface area contributed by atoms with Gasteiger partial charge >= 0.3 is 16.8 Å².